The molecule has 1 aliphatic rings. The SMILES string of the molecule is CC1(OC(=O)c2ccccc2)C(OC(=O)c2ccccc2)[C@@H](COC(=O)c2ccccc2)O[C@H]1OC(=O)c1ccccc1. The number of hydrogen-bond acceptors (Lipinski definition) is 9. The highest BCUT2D eigenvalue weighted by Gasteiger charge is 2.61. The smallest absolute Gasteiger partial charge is 0.340 e. The maximum absolute atomic E-state index is 13.3. The Balaban J connectivity index is 1.48. The van der Waals surface area contributed by atoms with Gasteiger partial charge in [0.05, 0.1) is 22.3 Å². The summed E-state index contributed by atoms with van der Waals surface area (Å²) < 4.78 is 29.1. The fourth-order valence-corrected chi connectivity index (χ4v) is 4.58. The molecule has 218 valence electrons. The van der Waals surface area contributed by atoms with E-state index in [1.807, 2.05) is 0 Å². The van der Waals surface area contributed by atoms with E-state index in [2.05, 4.69) is 0 Å². The lowest BCUT2D eigenvalue weighted by atomic mass is 9.96. The molecule has 0 saturated carbocycles. The highest BCUT2D eigenvalue weighted by Crippen LogP contribution is 2.39. The molecule has 0 amide bonds. The Labute approximate surface area is 247 Å². The van der Waals surface area contributed by atoms with Gasteiger partial charge in [-0.25, -0.2) is 19.2 Å². The van der Waals surface area contributed by atoms with Crippen LogP contribution in [0.15, 0.2) is 121 Å². The highest BCUT2D eigenvalue weighted by molar-refractivity contribution is 5.91. The second-order valence-electron chi connectivity index (χ2n) is 9.87. The first kappa shape index (κ1) is 29.2. The van der Waals surface area contributed by atoms with E-state index >= 15 is 0 Å². The lowest BCUT2D eigenvalue weighted by Gasteiger charge is -2.33. The van der Waals surface area contributed by atoms with E-state index in [9.17, 15) is 19.2 Å². The Morgan fingerprint density at radius 2 is 0.977 bits per heavy atom. The van der Waals surface area contributed by atoms with Gasteiger partial charge in [-0.15, -0.1) is 0 Å². The summed E-state index contributed by atoms with van der Waals surface area (Å²) in [5.41, 5.74) is -0.901. The lowest BCUT2D eigenvalue weighted by molar-refractivity contribution is -0.175. The molecule has 9 heteroatoms. The number of carbonyl (C=O) groups is 4. The van der Waals surface area contributed by atoms with Gasteiger partial charge in [0.25, 0.3) is 0 Å². The van der Waals surface area contributed by atoms with Gasteiger partial charge in [0, 0.05) is 0 Å². The first-order valence-electron chi connectivity index (χ1n) is 13.5. The maximum Gasteiger partial charge on any atom is 0.340 e. The zero-order valence-electron chi connectivity index (χ0n) is 23.2. The zero-order valence-corrected chi connectivity index (χ0v) is 23.2. The Morgan fingerprint density at radius 3 is 1.44 bits per heavy atom. The van der Waals surface area contributed by atoms with E-state index in [4.69, 9.17) is 23.7 Å². The minimum absolute atomic E-state index is 0.212. The van der Waals surface area contributed by atoms with E-state index in [1.165, 1.54) is 6.92 Å². The minimum Gasteiger partial charge on any atom is -0.459 e. The van der Waals surface area contributed by atoms with Crippen LogP contribution in [-0.2, 0) is 23.7 Å². The molecule has 0 bridgehead atoms. The first-order valence-corrected chi connectivity index (χ1v) is 13.5. The van der Waals surface area contributed by atoms with Crippen molar-refractivity contribution in [1.82, 2.24) is 0 Å². The summed E-state index contributed by atoms with van der Waals surface area (Å²) >= 11 is 0. The second kappa shape index (κ2) is 13.1. The van der Waals surface area contributed by atoms with Crippen LogP contribution in [0.5, 0.6) is 0 Å². The van der Waals surface area contributed by atoms with Crippen LogP contribution in [-0.4, -0.2) is 54.6 Å². The molecule has 0 radical (unpaired) electrons. The van der Waals surface area contributed by atoms with Crippen molar-refractivity contribution >= 4 is 23.9 Å². The molecule has 4 atom stereocenters. The van der Waals surface area contributed by atoms with Crippen molar-refractivity contribution in [1.29, 1.82) is 0 Å². The van der Waals surface area contributed by atoms with E-state index in [1.54, 1.807) is 121 Å². The molecule has 1 fully saturated rings. The van der Waals surface area contributed by atoms with E-state index in [0.29, 0.717) is 5.56 Å². The maximum atomic E-state index is 13.3. The number of esters is 4. The summed E-state index contributed by atoms with van der Waals surface area (Å²) in [6.07, 6.45) is -4.07. The molecule has 0 aromatic heterocycles. The normalized spacial score (nSPS) is 20.9. The Morgan fingerprint density at radius 1 is 0.581 bits per heavy atom. The van der Waals surface area contributed by atoms with E-state index in [-0.39, 0.29) is 16.7 Å². The van der Waals surface area contributed by atoms with Crippen molar-refractivity contribution in [2.75, 3.05) is 6.61 Å². The van der Waals surface area contributed by atoms with Crippen molar-refractivity contribution in [3.8, 4) is 0 Å². The van der Waals surface area contributed by atoms with Crippen LogP contribution in [0.3, 0.4) is 0 Å². The Bertz CT molecular complexity index is 1560. The van der Waals surface area contributed by atoms with Crippen molar-refractivity contribution in [2.45, 2.75) is 31.0 Å². The van der Waals surface area contributed by atoms with Crippen LogP contribution in [0.1, 0.15) is 48.4 Å². The molecule has 1 heterocycles. The molecule has 1 aliphatic heterocycles. The van der Waals surface area contributed by atoms with Crippen molar-refractivity contribution in [3.05, 3.63) is 144 Å². The van der Waals surface area contributed by atoms with Gasteiger partial charge in [0.2, 0.25) is 11.9 Å². The Hall–Kier alpha value is -5.28. The molecule has 43 heavy (non-hydrogen) atoms. The predicted octanol–water partition coefficient (Wildman–Crippen LogP) is 5.27. The standard InChI is InChI=1S/C34H28O9/c1-34(43-32(38)26-20-12-5-13-21-26)28(41-30(36)24-16-8-3-9-17-24)27(22-39-29(35)23-14-6-2-7-15-23)40-33(34)42-31(37)25-18-10-4-11-19-25/h2-21,27-28,33H,22H2,1H3/t27-,28?,33+,34?/m1/s1. The van der Waals surface area contributed by atoms with E-state index in [0.717, 1.165) is 0 Å². The van der Waals surface area contributed by atoms with Gasteiger partial charge >= 0.3 is 23.9 Å². The summed E-state index contributed by atoms with van der Waals surface area (Å²) in [4.78, 5) is 52.5. The average molecular weight is 581 g/mol. The van der Waals surface area contributed by atoms with Gasteiger partial charge < -0.3 is 23.7 Å². The van der Waals surface area contributed by atoms with Crippen LogP contribution in [0.25, 0.3) is 0 Å². The van der Waals surface area contributed by atoms with Crippen LogP contribution < -0.4 is 0 Å². The van der Waals surface area contributed by atoms with Gasteiger partial charge in [-0.05, 0) is 55.5 Å². The van der Waals surface area contributed by atoms with Gasteiger partial charge in [-0.3, -0.25) is 0 Å². The first-order chi connectivity index (χ1) is 20.8. The van der Waals surface area contributed by atoms with Gasteiger partial charge in [-0.1, -0.05) is 72.8 Å². The summed E-state index contributed by atoms with van der Waals surface area (Å²) in [6, 6.07) is 32.8. The molecule has 0 N–H and O–H groups in total. The fourth-order valence-electron chi connectivity index (χ4n) is 4.58. The molecule has 4 aromatic carbocycles. The molecule has 9 nitrogen and oxygen atoms in total. The number of hydrogen-bond donors (Lipinski definition) is 0. The van der Waals surface area contributed by atoms with Crippen molar-refractivity contribution in [3.63, 3.8) is 0 Å². The van der Waals surface area contributed by atoms with Gasteiger partial charge in [0.15, 0.2) is 6.10 Å². The topological polar surface area (TPSA) is 114 Å². The molecular weight excluding hydrogens is 552 g/mol. The second-order valence-corrected chi connectivity index (χ2v) is 9.87. The predicted molar refractivity (Wildman–Crippen MR) is 153 cm³/mol. The zero-order chi connectivity index (χ0) is 30.2. The molecule has 4 aromatic rings. The molecule has 0 aliphatic carbocycles. The number of benzene rings is 4. The van der Waals surface area contributed by atoms with Crippen LogP contribution >= 0.6 is 0 Å². The molecule has 5 rings (SSSR count). The van der Waals surface area contributed by atoms with Crippen LogP contribution in [0.2, 0.25) is 0 Å². The van der Waals surface area contributed by atoms with E-state index < -0.39 is 54.6 Å². The summed E-state index contributed by atoms with van der Waals surface area (Å²) in [5.74, 6) is -2.92. The van der Waals surface area contributed by atoms with Gasteiger partial charge in [-0.2, -0.15) is 0 Å². The van der Waals surface area contributed by atoms with Crippen LogP contribution in [0, 0.1) is 0 Å². The van der Waals surface area contributed by atoms with Crippen molar-refractivity contribution < 1.29 is 42.9 Å². The largest absolute Gasteiger partial charge is 0.459 e. The summed E-state index contributed by atoms with van der Waals surface area (Å²) in [5, 5.41) is 0. The third-order valence-electron chi connectivity index (χ3n) is 6.85. The minimum atomic E-state index is -1.86. The molecule has 1 saturated heterocycles. The highest BCUT2D eigenvalue weighted by atomic mass is 16.8. The third kappa shape index (κ3) is 6.79. The fraction of sp³-hybridized carbons (Fsp3) is 0.176. The average Bonchev–Trinajstić information content (AvgIpc) is 3.30. The monoisotopic (exact) mass is 580 g/mol. The molecule has 0 spiro atoms. The molecule has 2 unspecified atom stereocenters. The summed E-state index contributed by atoms with van der Waals surface area (Å²) in [7, 11) is 0. The van der Waals surface area contributed by atoms with Crippen LogP contribution in [0.4, 0.5) is 0 Å². The van der Waals surface area contributed by atoms with Crippen molar-refractivity contribution in [2.24, 2.45) is 0 Å². The number of ether oxygens (including phenoxy) is 5. The molecular formula is C34H28O9. The number of rotatable bonds is 9. The number of carbonyl (C=O) groups excluding carboxylic acids is 4. The third-order valence-corrected chi connectivity index (χ3v) is 6.85. The quantitative estimate of drug-likeness (QED) is 0.193. The summed E-state index contributed by atoms with van der Waals surface area (Å²) in [6.45, 7) is 1.04. The van der Waals surface area contributed by atoms with Gasteiger partial charge in [0.1, 0.15) is 12.7 Å². The Kier molecular flexibility index (Phi) is 8.93. The lowest BCUT2D eigenvalue weighted by Crippen LogP contribution is -2.53.